The number of nitrogens with one attached hydrogen (secondary N) is 1. The Bertz CT molecular complexity index is 300. The molecule has 1 N–H and O–H groups in total. The summed E-state index contributed by atoms with van der Waals surface area (Å²) in [6.07, 6.45) is 6.75. The van der Waals surface area contributed by atoms with Crippen LogP contribution in [0.15, 0.2) is 0 Å². The van der Waals surface area contributed by atoms with Gasteiger partial charge in [0.05, 0.1) is 0 Å². The minimum absolute atomic E-state index is 0.529. The molecule has 1 aliphatic heterocycles. The molecular formula is C18H36N2. The highest BCUT2D eigenvalue weighted by atomic mass is 15.2. The van der Waals surface area contributed by atoms with E-state index in [2.05, 4.69) is 44.8 Å². The Morgan fingerprint density at radius 3 is 2.55 bits per heavy atom. The fraction of sp³-hybridized carbons (Fsp3) is 1.00. The average molecular weight is 280 g/mol. The largest absolute Gasteiger partial charge is 0.312 e. The predicted octanol–water partition coefficient (Wildman–Crippen LogP) is 3.91. The molecule has 118 valence electrons. The van der Waals surface area contributed by atoms with E-state index in [4.69, 9.17) is 0 Å². The van der Waals surface area contributed by atoms with Crippen molar-refractivity contribution in [3.05, 3.63) is 0 Å². The maximum atomic E-state index is 3.84. The van der Waals surface area contributed by atoms with Gasteiger partial charge in [0.2, 0.25) is 0 Å². The molecule has 0 aromatic carbocycles. The van der Waals surface area contributed by atoms with E-state index in [1.54, 1.807) is 0 Å². The second kappa shape index (κ2) is 6.79. The first kappa shape index (κ1) is 16.3. The molecule has 2 fully saturated rings. The van der Waals surface area contributed by atoms with E-state index >= 15 is 0 Å². The molecule has 4 unspecified atom stereocenters. The van der Waals surface area contributed by atoms with Gasteiger partial charge in [0.15, 0.2) is 0 Å². The Kier molecular flexibility index (Phi) is 5.53. The fourth-order valence-corrected chi connectivity index (χ4v) is 4.10. The van der Waals surface area contributed by atoms with Gasteiger partial charge in [-0.25, -0.2) is 0 Å². The normalized spacial score (nSPS) is 38.9. The number of hydrogen-bond acceptors (Lipinski definition) is 2. The van der Waals surface area contributed by atoms with E-state index in [-0.39, 0.29) is 0 Å². The smallest absolute Gasteiger partial charge is 0.0254 e. The SMILES string of the molecule is CCCNC1CCC(C)(C)CC1N1CCC(C)C(C)C1. The zero-order valence-electron chi connectivity index (χ0n) is 14.4. The zero-order valence-corrected chi connectivity index (χ0v) is 14.4. The van der Waals surface area contributed by atoms with Crippen molar-refractivity contribution in [1.29, 1.82) is 0 Å². The Morgan fingerprint density at radius 2 is 1.90 bits per heavy atom. The second-order valence-corrected chi connectivity index (χ2v) is 8.27. The number of rotatable bonds is 4. The average Bonchev–Trinajstić information content (AvgIpc) is 2.40. The van der Waals surface area contributed by atoms with Gasteiger partial charge in [-0.2, -0.15) is 0 Å². The molecule has 0 radical (unpaired) electrons. The Labute approximate surface area is 126 Å². The first-order valence-corrected chi connectivity index (χ1v) is 8.90. The Hall–Kier alpha value is -0.0800. The molecule has 2 aliphatic rings. The number of hydrogen-bond donors (Lipinski definition) is 1. The Morgan fingerprint density at radius 1 is 1.15 bits per heavy atom. The zero-order chi connectivity index (χ0) is 14.8. The van der Waals surface area contributed by atoms with Crippen molar-refractivity contribution < 1.29 is 0 Å². The van der Waals surface area contributed by atoms with Crippen LogP contribution in [0.5, 0.6) is 0 Å². The maximum absolute atomic E-state index is 3.84. The van der Waals surface area contributed by atoms with Gasteiger partial charge in [0.25, 0.3) is 0 Å². The summed E-state index contributed by atoms with van der Waals surface area (Å²) in [5.41, 5.74) is 0.529. The topological polar surface area (TPSA) is 15.3 Å². The van der Waals surface area contributed by atoms with Crippen LogP contribution in [0.2, 0.25) is 0 Å². The Balaban J connectivity index is 2.02. The molecule has 1 heterocycles. The summed E-state index contributed by atoms with van der Waals surface area (Å²) in [6.45, 7) is 15.9. The highest BCUT2D eigenvalue weighted by Crippen LogP contribution is 2.39. The van der Waals surface area contributed by atoms with Gasteiger partial charge >= 0.3 is 0 Å². The minimum Gasteiger partial charge on any atom is -0.312 e. The van der Waals surface area contributed by atoms with Crippen LogP contribution in [0.1, 0.15) is 66.7 Å². The standard InChI is InChI=1S/C18H36N2/c1-6-10-19-16-7-9-18(4,5)12-17(16)20-11-8-14(2)15(3)13-20/h14-17,19H,6-13H2,1-5H3. The van der Waals surface area contributed by atoms with E-state index in [1.165, 1.54) is 51.7 Å². The summed E-state index contributed by atoms with van der Waals surface area (Å²) in [5, 5.41) is 3.84. The summed E-state index contributed by atoms with van der Waals surface area (Å²) in [7, 11) is 0. The predicted molar refractivity (Wildman–Crippen MR) is 88.0 cm³/mol. The third-order valence-electron chi connectivity index (χ3n) is 5.85. The summed E-state index contributed by atoms with van der Waals surface area (Å²) in [6, 6.07) is 1.49. The molecule has 0 amide bonds. The van der Waals surface area contributed by atoms with Gasteiger partial charge in [-0.1, -0.05) is 34.6 Å². The van der Waals surface area contributed by atoms with Crippen molar-refractivity contribution in [2.45, 2.75) is 78.8 Å². The molecule has 4 atom stereocenters. The lowest BCUT2D eigenvalue weighted by Gasteiger charge is -2.49. The lowest BCUT2D eigenvalue weighted by molar-refractivity contribution is 0.0247. The molecule has 0 spiro atoms. The van der Waals surface area contributed by atoms with Gasteiger partial charge in [-0.05, 0) is 62.4 Å². The molecule has 0 aromatic rings. The highest BCUT2D eigenvalue weighted by molar-refractivity contribution is 4.96. The number of likely N-dealkylation sites (tertiary alicyclic amines) is 1. The molecule has 0 aromatic heterocycles. The van der Waals surface area contributed by atoms with Gasteiger partial charge in [-0.15, -0.1) is 0 Å². The van der Waals surface area contributed by atoms with Crippen LogP contribution in [-0.4, -0.2) is 36.6 Å². The van der Waals surface area contributed by atoms with Crippen LogP contribution in [-0.2, 0) is 0 Å². The summed E-state index contributed by atoms with van der Waals surface area (Å²) in [4.78, 5) is 2.82. The molecule has 2 rings (SSSR count). The van der Waals surface area contributed by atoms with Crippen molar-refractivity contribution in [3.8, 4) is 0 Å². The second-order valence-electron chi connectivity index (χ2n) is 8.27. The highest BCUT2D eigenvalue weighted by Gasteiger charge is 2.39. The van der Waals surface area contributed by atoms with Gasteiger partial charge in [0.1, 0.15) is 0 Å². The molecule has 1 saturated carbocycles. The van der Waals surface area contributed by atoms with Gasteiger partial charge < -0.3 is 5.32 Å². The molecular weight excluding hydrogens is 244 g/mol. The van der Waals surface area contributed by atoms with E-state index < -0.39 is 0 Å². The molecule has 0 bridgehead atoms. The monoisotopic (exact) mass is 280 g/mol. The van der Waals surface area contributed by atoms with E-state index in [0.717, 1.165) is 23.9 Å². The lowest BCUT2D eigenvalue weighted by Crippen LogP contribution is -2.57. The lowest BCUT2D eigenvalue weighted by atomic mass is 9.71. The van der Waals surface area contributed by atoms with Crippen molar-refractivity contribution in [2.75, 3.05) is 19.6 Å². The van der Waals surface area contributed by atoms with Crippen LogP contribution in [0.25, 0.3) is 0 Å². The third-order valence-corrected chi connectivity index (χ3v) is 5.85. The summed E-state index contributed by atoms with van der Waals surface area (Å²) < 4.78 is 0. The minimum atomic E-state index is 0.529. The van der Waals surface area contributed by atoms with Crippen molar-refractivity contribution in [3.63, 3.8) is 0 Å². The third kappa shape index (κ3) is 3.98. The van der Waals surface area contributed by atoms with E-state index in [9.17, 15) is 0 Å². The number of piperidine rings is 1. The molecule has 2 nitrogen and oxygen atoms in total. The molecule has 1 saturated heterocycles. The van der Waals surface area contributed by atoms with Crippen LogP contribution in [0.4, 0.5) is 0 Å². The molecule has 2 heteroatoms. The molecule has 1 aliphatic carbocycles. The van der Waals surface area contributed by atoms with Gasteiger partial charge in [0, 0.05) is 18.6 Å². The molecule has 20 heavy (non-hydrogen) atoms. The summed E-state index contributed by atoms with van der Waals surface area (Å²) >= 11 is 0. The van der Waals surface area contributed by atoms with Crippen LogP contribution < -0.4 is 5.32 Å². The van der Waals surface area contributed by atoms with E-state index in [0.29, 0.717) is 5.41 Å². The first-order chi connectivity index (χ1) is 9.43. The van der Waals surface area contributed by atoms with E-state index in [1.807, 2.05) is 0 Å². The maximum Gasteiger partial charge on any atom is 0.0254 e. The van der Waals surface area contributed by atoms with Crippen LogP contribution in [0.3, 0.4) is 0 Å². The van der Waals surface area contributed by atoms with Crippen LogP contribution >= 0.6 is 0 Å². The van der Waals surface area contributed by atoms with Crippen molar-refractivity contribution >= 4 is 0 Å². The summed E-state index contributed by atoms with van der Waals surface area (Å²) in [5.74, 6) is 1.77. The van der Waals surface area contributed by atoms with Crippen LogP contribution in [0, 0.1) is 17.3 Å². The van der Waals surface area contributed by atoms with Crippen molar-refractivity contribution in [1.82, 2.24) is 10.2 Å². The number of nitrogens with zero attached hydrogens (tertiary/aromatic N) is 1. The van der Waals surface area contributed by atoms with Crippen molar-refractivity contribution in [2.24, 2.45) is 17.3 Å². The first-order valence-electron chi connectivity index (χ1n) is 8.90. The fourth-order valence-electron chi connectivity index (χ4n) is 4.10. The van der Waals surface area contributed by atoms with Gasteiger partial charge in [-0.3, -0.25) is 4.90 Å². The quantitative estimate of drug-likeness (QED) is 0.840.